The lowest BCUT2D eigenvalue weighted by Crippen LogP contribution is -2.22. The number of halogens is 1. The maximum absolute atomic E-state index is 12.3. The summed E-state index contributed by atoms with van der Waals surface area (Å²) in [4.78, 5) is 37.1. The monoisotopic (exact) mass is 554 g/mol. The van der Waals surface area contributed by atoms with Gasteiger partial charge >= 0.3 is 17.9 Å². The van der Waals surface area contributed by atoms with Gasteiger partial charge in [0.2, 0.25) is 0 Å². The van der Waals surface area contributed by atoms with Crippen LogP contribution in [0.5, 0.6) is 11.5 Å². The molecule has 0 saturated heterocycles. The quantitative estimate of drug-likeness (QED) is 0.235. The topological polar surface area (TPSA) is 97.4 Å². The molecule has 10 heteroatoms. The van der Waals surface area contributed by atoms with E-state index in [1.807, 2.05) is 0 Å². The van der Waals surface area contributed by atoms with E-state index in [4.69, 9.17) is 23.7 Å². The van der Waals surface area contributed by atoms with E-state index in [0.29, 0.717) is 20.7 Å². The molecule has 1 heterocycles. The first-order valence-electron chi connectivity index (χ1n) is 10.3. The summed E-state index contributed by atoms with van der Waals surface area (Å²) < 4.78 is 26.6. The van der Waals surface area contributed by atoms with Crippen LogP contribution in [-0.2, 0) is 23.8 Å². The molecule has 0 aliphatic heterocycles. The number of methoxy groups -OCH3 is 2. The van der Waals surface area contributed by atoms with Gasteiger partial charge in [-0.2, -0.15) is 0 Å². The van der Waals surface area contributed by atoms with Crippen molar-refractivity contribution < 1.29 is 38.1 Å². The zero-order valence-electron chi connectivity index (χ0n) is 19.9. The van der Waals surface area contributed by atoms with Gasteiger partial charge in [0.15, 0.2) is 17.2 Å². The van der Waals surface area contributed by atoms with Crippen molar-refractivity contribution >= 4 is 51.3 Å². The van der Waals surface area contributed by atoms with Crippen molar-refractivity contribution in [2.75, 3.05) is 27.4 Å². The van der Waals surface area contributed by atoms with E-state index in [9.17, 15) is 14.4 Å². The van der Waals surface area contributed by atoms with Crippen LogP contribution < -0.4 is 9.47 Å². The van der Waals surface area contributed by atoms with Crippen molar-refractivity contribution in [2.45, 2.75) is 33.3 Å². The van der Waals surface area contributed by atoms with E-state index >= 15 is 0 Å². The largest absolute Gasteiger partial charge is 0.496 e. The van der Waals surface area contributed by atoms with Crippen molar-refractivity contribution in [3.05, 3.63) is 39.2 Å². The summed E-state index contributed by atoms with van der Waals surface area (Å²) in [5.74, 6) is -0.920. The molecule has 0 aliphatic carbocycles. The van der Waals surface area contributed by atoms with Crippen LogP contribution in [0.4, 0.5) is 0 Å². The molecule has 184 valence electrons. The number of carbonyl (C=O) groups excluding carboxylic acids is 3. The second-order valence-electron chi connectivity index (χ2n) is 7.81. The van der Waals surface area contributed by atoms with Crippen LogP contribution in [0.2, 0.25) is 0 Å². The van der Waals surface area contributed by atoms with E-state index < -0.39 is 23.5 Å². The van der Waals surface area contributed by atoms with E-state index in [-0.39, 0.29) is 23.8 Å². The zero-order valence-corrected chi connectivity index (χ0v) is 22.3. The van der Waals surface area contributed by atoms with Gasteiger partial charge in [0.25, 0.3) is 0 Å². The van der Waals surface area contributed by atoms with Gasteiger partial charge in [-0.15, -0.1) is 11.3 Å². The lowest BCUT2D eigenvalue weighted by atomic mass is 10.1. The Morgan fingerprint density at radius 1 is 1.15 bits per heavy atom. The molecule has 0 spiro atoms. The second-order valence-corrected chi connectivity index (χ2v) is 9.63. The highest BCUT2D eigenvalue weighted by Gasteiger charge is 2.26. The number of carbonyl (C=O) groups is 3. The third kappa shape index (κ3) is 7.33. The molecule has 2 rings (SSSR count). The van der Waals surface area contributed by atoms with Crippen LogP contribution in [-0.4, -0.2) is 50.9 Å². The van der Waals surface area contributed by atoms with E-state index in [2.05, 4.69) is 15.9 Å². The summed E-state index contributed by atoms with van der Waals surface area (Å²) in [6, 6.07) is 5.34. The maximum atomic E-state index is 12.3. The number of esters is 3. The lowest BCUT2D eigenvalue weighted by Gasteiger charge is -2.18. The van der Waals surface area contributed by atoms with Gasteiger partial charge in [0.05, 0.1) is 30.2 Å². The Labute approximate surface area is 210 Å². The summed E-state index contributed by atoms with van der Waals surface area (Å²) >= 11 is 4.62. The first-order valence-corrected chi connectivity index (χ1v) is 11.9. The Hall–Kier alpha value is -2.85. The number of hydrogen-bond acceptors (Lipinski definition) is 9. The van der Waals surface area contributed by atoms with Crippen LogP contribution in [0.25, 0.3) is 16.5 Å². The number of rotatable bonds is 9. The highest BCUT2D eigenvalue weighted by Crippen LogP contribution is 2.46. The minimum Gasteiger partial charge on any atom is -0.496 e. The SMILES string of the molecule is CCOC(=O)COc1c(C(=O)OC)sc(-c2ccc(OC)c(C=CC(=O)OC(C)(C)C)c2)c1Br. The van der Waals surface area contributed by atoms with Gasteiger partial charge in [-0.25, -0.2) is 14.4 Å². The van der Waals surface area contributed by atoms with Crippen molar-refractivity contribution in [1.29, 1.82) is 0 Å². The molecule has 0 saturated carbocycles. The smallest absolute Gasteiger partial charge is 0.351 e. The molecule has 1 aromatic heterocycles. The summed E-state index contributed by atoms with van der Waals surface area (Å²) in [7, 11) is 2.79. The van der Waals surface area contributed by atoms with E-state index in [0.717, 1.165) is 16.9 Å². The molecule has 0 fully saturated rings. The van der Waals surface area contributed by atoms with E-state index in [1.54, 1.807) is 52.0 Å². The molecular formula is C24H27BrO8S. The Morgan fingerprint density at radius 2 is 1.85 bits per heavy atom. The molecule has 0 atom stereocenters. The average molecular weight is 555 g/mol. The Bertz CT molecular complexity index is 1080. The molecule has 0 N–H and O–H groups in total. The number of ether oxygens (including phenoxy) is 5. The van der Waals surface area contributed by atoms with Gasteiger partial charge < -0.3 is 23.7 Å². The fourth-order valence-corrected chi connectivity index (χ4v) is 4.74. The summed E-state index contributed by atoms with van der Waals surface area (Å²) in [6.45, 7) is 6.90. The van der Waals surface area contributed by atoms with Crippen LogP contribution >= 0.6 is 27.3 Å². The zero-order chi connectivity index (χ0) is 25.5. The van der Waals surface area contributed by atoms with Crippen LogP contribution in [0.3, 0.4) is 0 Å². The lowest BCUT2D eigenvalue weighted by molar-refractivity contribution is -0.148. The summed E-state index contributed by atoms with van der Waals surface area (Å²) in [5.41, 5.74) is 0.733. The predicted molar refractivity (Wildman–Crippen MR) is 132 cm³/mol. The molecule has 1 aromatic carbocycles. The van der Waals surface area contributed by atoms with Gasteiger partial charge in [-0.3, -0.25) is 0 Å². The standard InChI is InChI=1S/C24H27BrO8S/c1-7-31-18(27)13-32-20-19(25)21(34-22(20)23(28)30-6)15-8-10-16(29-5)14(12-15)9-11-17(26)33-24(2,3)4/h8-12H,7,13H2,1-6H3. The van der Waals surface area contributed by atoms with Crippen LogP contribution in [0.15, 0.2) is 28.7 Å². The Balaban J connectivity index is 2.46. The molecule has 0 bridgehead atoms. The summed E-state index contributed by atoms with van der Waals surface area (Å²) in [5, 5.41) is 0. The third-order valence-corrected chi connectivity index (χ3v) is 6.34. The molecule has 0 aliphatic rings. The molecular weight excluding hydrogens is 528 g/mol. The first-order chi connectivity index (χ1) is 16.0. The highest BCUT2D eigenvalue weighted by atomic mass is 79.9. The van der Waals surface area contributed by atoms with Crippen molar-refractivity contribution in [2.24, 2.45) is 0 Å². The molecule has 0 amide bonds. The number of hydrogen-bond donors (Lipinski definition) is 0. The summed E-state index contributed by atoms with van der Waals surface area (Å²) in [6.07, 6.45) is 2.92. The van der Waals surface area contributed by atoms with Crippen LogP contribution in [0, 0.1) is 0 Å². The fourth-order valence-electron chi connectivity index (χ4n) is 2.77. The second kappa shape index (κ2) is 12.0. The average Bonchev–Trinajstić information content (AvgIpc) is 3.10. The Kier molecular flexibility index (Phi) is 9.69. The maximum Gasteiger partial charge on any atom is 0.351 e. The highest BCUT2D eigenvalue weighted by molar-refractivity contribution is 9.10. The number of benzene rings is 1. The first kappa shape index (κ1) is 27.4. The number of thiophene rings is 1. The van der Waals surface area contributed by atoms with Crippen LogP contribution in [0.1, 0.15) is 42.9 Å². The molecule has 2 aromatic rings. The minimum absolute atomic E-state index is 0.182. The molecule has 0 unspecified atom stereocenters. The fraction of sp³-hybridized carbons (Fsp3) is 0.375. The van der Waals surface area contributed by atoms with Crippen molar-refractivity contribution in [3.63, 3.8) is 0 Å². The van der Waals surface area contributed by atoms with Gasteiger partial charge in [-0.05, 0) is 73.5 Å². The normalized spacial score (nSPS) is 11.3. The Morgan fingerprint density at radius 3 is 2.44 bits per heavy atom. The molecule has 0 radical (unpaired) electrons. The molecule has 8 nitrogen and oxygen atoms in total. The van der Waals surface area contributed by atoms with E-state index in [1.165, 1.54) is 20.3 Å². The van der Waals surface area contributed by atoms with Crippen molar-refractivity contribution in [3.8, 4) is 21.9 Å². The third-order valence-electron chi connectivity index (χ3n) is 4.12. The minimum atomic E-state index is -0.612. The van der Waals surface area contributed by atoms with Gasteiger partial charge in [0, 0.05) is 11.6 Å². The van der Waals surface area contributed by atoms with Gasteiger partial charge in [-0.1, -0.05) is 0 Å². The molecule has 34 heavy (non-hydrogen) atoms. The van der Waals surface area contributed by atoms with Gasteiger partial charge in [0.1, 0.15) is 11.4 Å². The predicted octanol–water partition coefficient (Wildman–Crippen LogP) is 5.27. The van der Waals surface area contributed by atoms with Crippen molar-refractivity contribution in [1.82, 2.24) is 0 Å².